The minimum absolute atomic E-state index is 0.0243. The van der Waals surface area contributed by atoms with Gasteiger partial charge in [-0.2, -0.15) is 0 Å². The summed E-state index contributed by atoms with van der Waals surface area (Å²) in [7, 11) is 1.68. The molecule has 2 aliphatic carbocycles. The highest BCUT2D eigenvalue weighted by Crippen LogP contribution is 2.53. The van der Waals surface area contributed by atoms with Crippen LogP contribution in [0.5, 0.6) is 0 Å². The Labute approximate surface area is 234 Å². The van der Waals surface area contributed by atoms with Crippen LogP contribution in [0.1, 0.15) is 59.4 Å². The highest BCUT2D eigenvalue weighted by molar-refractivity contribution is 6.33. The molecule has 3 N–H and O–H groups in total. The van der Waals surface area contributed by atoms with Crippen LogP contribution in [0.3, 0.4) is 0 Å². The average molecular weight is 563 g/mol. The number of nitrogens with zero attached hydrogens (tertiary/aromatic N) is 1. The number of nitrogens with one attached hydrogen (secondary N) is 1. The second-order valence-corrected chi connectivity index (χ2v) is 12.5. The maximum Gasteiger partial charge on any atom is 0.323 e. The third-order valence-corrected chi connectivity index (χ3v) is 9.65. The minimum atomic E-state index is -1.53. The Bertz CT molecular complexity index is 1190. The SMILES string of the molecule is CC(=O)O[C@@H]1C(C)=C[C@@H]2[C@H](C(C)C)CC[C@@H](C)[C@]2(O)[C@H]1OC(=O)[C@@H]1C[C@@]2(O)c3cccc(Cl)c3N(C)O[C@H]2N1. The van der Waals surface area contributed by atoms with Gasteiger partial charge in [0.25, 0.3) is 0 Å². The van der Waals surface area contributed by atoms with Gasteiger partial charge in [-0.1, -0.05) is 50.6 Å². The van der Waals surface area contributed by atoms with Crippen LogP contribution >= 0.6 is 11.6 Å². The lowest BCUT2D eigenvalue weighted by molar-refractivity contribution is -0.225. The lowest BCUT2D eigenvalue weighted by Crippen LogP contribution is -2.66. The number of benzene rings is 1. The summed E-state index contributed by atoms with van der Waals surface area (Å²) in [5.41, 5.74) is -1.14. The Kier molecular flexibility index (Phi) is 7.29. The Balaban J connectivity index is 1.47. The van der Waals surface area contributed by atoms with Gasteiger partial charge in [0.05, 0.1) is 10.7 Å². The fraction of sp³-hybridized carbons (Fsp3) is 0.655. The molecule has 1 aromatic carbocycles. The van der Waals surface area contributed by atoms with Gasteiger partial charge in [-0.3, -0.25) is 24.8 Å². The van der Waals surface area contributed by atoms with Crippen molar-refractivity contribution in [3.8, 4) is 0 Å². The molecule has 4 aliphatic rings. The lowest BCUT2D eigenvalue weighted by atomic mass is 9.56. The third-order valence-electron chi connectivity index (χ3n) is 9.35. The normalized spacial score (nSPS) is 39.4. The monoisotopic (exact) mass is 562 g/mol. The van der Waals surface area contributed by atoms with E-state index in [4.69, 9.17) is 25.9 Å². The van der Waals surface area contributed by atoms with Gasteiger partial charge in [0, 0.05) is 31.9 Å². The molecule has 9 atom stereocenters. The first kappa shape index (κ1) is 28.4. The van der Waals surface area contributed by atoms with E-state index in [1.54, 1.807) is 25.2 Å². The van der Waals surface area contributed by atoms with E-state index in [1.165, 1.54) is 12.0 Å². The molecule has 2 aliphatic heterocycles. The van der Waals surface area contributed by atoms with Crippen LogP contribution in [-0.4, -0.2) is 59.3 Å². The molecule has 0 bridgehead atoms. The number of ether oxygens (including phenoxy) is 2. The molecular weight excluding hydrogens is 524 g/mol. The summed E-state index contributed by atoms with van der Waals surface area (Å²) in [6.07, 6.45) is 0.736. The highest BCUT2D eigenvalue weighted by Gasteiger charge is 2.62. The van der Waals surface area contributed by atoms with E-state index in [1.807, 2.05) is 19.9 Å². The summed E-state index contributed by atoms with van der Waals surface area (Å²) in [5, 5.41) is 29.0. The molecule has 0 radical (unpaired) electrons. The van der Waals surface area contributed by atoms with Crippen molar-refractivity contribution in [3.05, 3.63) is 40.4 Å². The van der Waals surface area contributed by atoms with Crippen LogP contribution in [0.15, 0.2) is 29.8 Å². The number of hydrogen-bond donors (Lipinski definition) is 3. The molecule has 0 spiro atoms. The number of carbonyl (C=O) groups is 2. The molecule has 9 nitrogen and oxygen atoms in total. The zero-order valence-corrected chi connectivity index (χ0v) is 24.1. The molecule has 0 amide bonds. The first-order chi connectivity index (χ1) is 18.3. The standard InChI is InChI=1S/C29H39ClN2O7/c1-14(2)18-11-10-16(4)29(36)20(18)12-15(3)24(37-17(5)33)25(29)38-26(34)22-13-28(35)19-8-7-9-21(30)23(19)32(6)39-27(28)31-22/h7-9,12,14,16,18,20,22,24-25,27,31,35-36H,10-11,13H2,1-6H3/t16-,18+,20-,22+,24-,25+,27-,28-,29-/m1/s1. The van der Waals surface area contributed by atoms with Crippen LogP contribution in [0.2, 0.25) is 5.02 Å². The van der Waals surface area contributed by atoms with Gasteiger partial charge in [-0.05, 0) is 49.2 Å². The Morgan fingerprint density at radius 3 is 2.62 bits per heavy atom. The fourth-order valence-corrected chi connectivity index (χ4v) is 7.56. The Morgan fingerprint density at radius 1 is 1.23 bits per heavy atom. The number of halogens is 1. The number of anilines is 1. The largest absolute Gasteiger partial charge is 0.454 e. The second kappa shape index (κ2) is 10.0. The number of carbonyl (C=O) groups excluding carboxylic acids is 2. The summed E-state index contributed by atoms with van der Waals surface area (Å²) < 4.78 is 11.8. The van der Waals surface area contributed by atoms with Crippen LogP contribution in [-0.2, 0) is 29.5 Å². The van der Waals surface area contributed by atoms with Gasteiger partial charge in [0.2, 0.25) is 0 Å². The number of para-hydroxylation sites is 1. The molecule has 2 fully saturated rings. The number of rotatable bonds is 4. The van der Waals surface area contributed by atoms with E-state index in [0.717, 1.165) is 18.4 Å². The van der Waals surface area contributed by atoms with Crippen molar-refractivity contribution in [2.24, 2.45) is 23.7 Å². The smallest absolute Gasteiger partial charge is 0.323 e. The van der Waals surface area contributed by atoms with Crippen molar-refractivity contribution in [2.75, 3.05) is 12.1 Å². The number of aliphatic hydroxyl groups is 2. The highest BCUT2D eigenvalue weighted by atomic mass is 35.5. The van der Waals surface area contributed by atoms with E-state index in [-0.39, 0.29) is 24.2 Å². The molecule has 0 unspecified atom stereocenters. The van der Waals surface area contributed by atoms with Gasteiger partial charge in [0.15, 0.2) is 18.4 Å². The van der Waals surface area contributed by atoms with Gasteiger partial charge in [-0.25, -0.2) is 0 Å². The van der Waals surface area contributed by atoms with Gasteiger partial charge < -0.3 is 19.7 Å². The van der Waals surface area contributed by atoms with Crippen molar-refractivity contribution in [3.63, 3.8) is 0 Å². The summed E-state index contributed by atoms with van der Waals surface area (Å²) in [6, 6.07) is 4.27. The summed E-state index contributed by atoms with van der Waals surface area (Å²) in [4.78, 5) is 31.8. The van der Waals surface area contributed by atoms with Crippen LogP contribution in [0.4, 0.5) is 5.69 Å². The van der Waals surface area contributed by atoms with Crippen LogP contribution < -0.4 is 10.4 Å². The molecular formula is C29H39ClN2O7. The van der Waals surface area contributed by atoms with Crippen molar-refractivity contribution in [1.82, 2.24) is 5.32 Å². The predicted molar refractivity (Wildman–Crippen MR) is 145 cm³/mol. The van der Waals surface area contributed by atoms with Crippen molar-refractivity contribution < 1.29 is 34.1 Å². The summed E-state index contributed by atoms with van der Waals surface area (Å²) >= 11 is 6.40. The summed E-state index contributed by atoms with van der Waals surface area (Å²) in [6.45, 7) is 9.38. The zero-order chi connectivity index (χ0) is 28.4. The van der Waals surface area contributed by atoms with Crippen LogP contribution in [0, 0.1) is 23.7 Å². The third kappa shape index (κ3) is 4.47. The Hall–Kier alpha value is -2.17. The van der Waals surface area contributed by atoms with E-state index >= 15 is 0 Å². The molecule has 214 valence electrons. The van der Waals surface area contributed by atoms with Crippen LogP contribution in [0.25, 0.3) is 0 Å². The maximum atomic E-state index is 13.8. The van der Waals surface area contributed by atoms with Gasteiger partial charge in [-0.15, -0.1) is 0 Å². The number of hydroxylamine groups is 1. The second-order valence-electron chi connectivity index (χ2n) is 12.1. The Morgan fingerprint density at radius 2 is 1.95 bits per heavy atom. The van der Waals surface area contributed by atoms with E-state index < -0.39 is 47.6 Å². The molecule has 39 heavy (non-hydrogen) atoms. The van der Waals surface area contributed by atoms with E-state index in [9.17, 15) is 19.8 Å². The first-order valence-corrected chi connectivity index (χ1v) is 14.1. The first-order valence-electron chi connectivity index (χ1n) is 13.7. The number of esters is 2. The topological polar surface area (TPSA) is 118 Å². The molecule has 2 heterocycles. The predicted octanol–water partition coefficient (Wildman–Crippen LogP) is 3.45. The molecule has 5 rings (SSSR count). The summed E-state index contributed by atoms with van der Waals surface area (Å²) in [5.74, 6) is -1.17. The van der Waals surface area contributed by atoms with E-state index in [0.29, 0.717) is 22.2 Å². The molecule has 1 saturated heterocycles. The molecule has 10 heteroatoms. The lowest BCUT2D eigenvalue weighted by Gasteiger charge is -2.55. The molecule has 1 saturated carbocycles. The van der Waals surface area contributed by atoms with Crippen molar-refractivity contribution in [2.45, 2.75) is 89.6 Å². The van der Waals surface area contributed by atoms with Gasteiger partial charge >= 0.3 is 11.9 Å². The maximum absolute atomic E-state index is 13.8. The minimum Gasteiger partial charge on any atom is -0.454 e. The number of fused-ring (bicyclic) bond motifs is 4. The molecule has 0 aromatic heterocycles. The average Bonchev–Trinajstić information content (AvgIpc) is 3.20. The number of hydrogen-bond acceptors (Lipinski definition) is 9. The van der Waals surface area contributed by atoms with Gasteiger partial charge in [0.1, 0.15) is 17.2 Å². The van der Waals surface area contributed by atoms with Crippen molar-refractivity contribution >= 4 is 29.2 Å². The van der Waals surface area contributed by atoms with E-state index in [2.05, 4.69) is 19.2 Å². The molecule has 1 aromatic rings. The quantitative estimate of drug-likeness (QED) is 0.374. The van der Waals surface area contributed by atoms with Crippen molar-refractivity contribution in [1.29, 1.82) is 0 Å². The fourth-order valence-electron chi connectivity index (χ4n) is 7.27. The zero-order valence-electron chi connectivity index (χ0n) is 23.3.